The largest absolute Gasteiger partial charge is 0.333 e. The van der Waals surface area contributed by atoms with Crippen molar-refractivity contribution < 1.29 is 0 Å². The van der Waals surface area contributed by atoms with E-state index in [1.807, 2.05) is 31.2 Å². The van der Waals surface area contributed by atoms with Crippen molar-refractivity contribution in [3.63, 3.8) is 0 Å². The summed E-state index contributed by atoms with van der Waals surface area (Å²) in [7, 11) is 2.07. The Bertz CT molecular complexity index is 7540. The van der Waals surface area contributed by atoms with E-state index in [4.69, 9.17) is 19.9 Å². The minimum atomic E-state index is 0.615. The van der Waals surface area contributed by atoms with Gasteiger partial charge >= 0.3 is 0 Å². The van der Waals surface area contributed by atoms with Gasteiger partial charge in [-0.05, 0) is 255 Å². The molecule has 0 saturated heterocycles. The van der Waals surface area contributed by atoms with Crippen LogP contribution in [0.4, 0.5) is 0 Å². The first-order valence-corrected chi connectivity index (χ1v) is 37.5. The predicted octanol–water partition coefficient (Wildman–Crippen LogP) is 26.5. The molecule has 0 aliphatic rings. The van der Waals surface area contributed by atoms with Gasteiger partial charge in [-0.1, -0.05) is 237 Å². The number of benzene rings is 17. The zero-order valence-electron chi connectivity index (χ0n) is 60.0. The van der Waals surface area contributed by atoms with Crippen LogP contribution in [0.2, 0.25) is 0 Å². The molecular weight excluding hydrogens is 1340 g/mol. The lowest BCUT2D eigenvalue weighted by Gasteiger charge is -2.16. The molecule has 110 heavy (non-hydrogen) atoms. The van der Waals surface area contributed by atoms with Gasteiger partial charge < -0.3 is 9.13 Å². The second-order valence-electron chi connectivity index (χ2n) is 29.2. The van der Waals surface area contributed by atoms with E-state index in [1.54, 1.807) is 0 Å². The summed E-state index contributed by atoms with van der Waals surface area (Å²) in [5, 5.41) is 21.7. The average molecular weight is 1400 g/mol. The highest BCUT2D eigenvalue weighted by Gasteiger charge is 2.21. The molecule has 22 rings (SSSR count). The van der Waals surface area contributed by atoms with Gasteiger partial charge in [0.05, 0.1) is 51.8 Å². The van der Waals surface area contributed by atoms with Gasteiger partial charge in [0.15, 0.2) is 0 Å². The van der Waals surface area contributed by atoms with E-state index in [1.165, 1.54) is 119 Å². The van der Waals surface area contributed by atoms with Crippen LogP contribution in [0.15, 0.2) is 365 Å². The van der Waals surface area contributed by atoms with Crippen LogP contribution in [0.3, 0.4) is 0 Å². The molecule has 7 heteroatoms. The van der Waals surface area contributed by atoms with Gasteiger partial charge in [0.25, 0.3) is 0 Å². The molecule has 0 atom stereocenters. The summed E-state index contributed by atoms with van der Waals surface area (Å²) in [4.78, 5) is 24.7. The summed E-state index contributed by atoms with van der Waals surface area (Å²) in [6.07, 6.45) is 9.73. The van der Waals surface area contributed by atoms with E-state index in [-0.39, 0.29) is 0 Å². The lowest BCUT2D eigenvalue weighted by Crippen LogP contribution is -1.99. The van der Waals surface area contributed by atoms with Crippen molar-refractivity contribution in [3.05, 3.63) is 370 Å². The highest BCUT2D eigenvalue weighted by Crippen LogP contribution is 2.46. The lowest BCUT2D eigenvalue weighted by molar-refractivity contribution is 0.826. The fourth-order valence-electron chi connectivity index (χ4n) is 17.6. The number of nitrogens with zero attached hydrogens (tertiary/aromatic N) is 7. The molecule has 5 aromatic heterocycles. The topological polar surface area (TPSA) is 74.3 Å². The number of rotatable bonds is 11. The first kappa shape index (κ1) is 62.8. The molecule has 0 aliphatic heterocycles. The predicted molar refractivity (Wildman–Crippen MR) is 459 cm³/mol. The van der Waals surface area contributed by atoms with Gasteiger partial charge in [0.2, 0.25) is 0 Å². The summed E-state index contributed by atoms with van der Waals surface area (Å²) in [6, 6.07) is 122. The SMILES string of the molecule is Cn1cnc2cccc(-c3ccc4c5ccc(-c6cccc7ncn(Cc8ccc9c(c8)c8cc(-c%10cc(-c%11ccccc%11)ccn%10)ccc8c8ccc(-c%10cccc(-c%11ccnc(-c%12ccc%13c%14ccc(-c%15cc(-c%16ccccc%16)ccn%15)cc%14c%14ccccc%14c%13c%12)c%11)c%10)cc89)c67)cc5c5ccccc5c4c3)c21. The summed E-state index contributed by atoms with van der Waals surface area (Å²) >= 11 is 0. The Labute approximate surface area is 633 Å². The molecular formula is C103H65N7. The van der Waals surface area contributed by atoms with Gasteiger partial charge in [0, 0.05) is 60.0 Å². The molecule has 512 valence electrons. The number of para-hydroxylation sites is 2. The zero-order chi connectivity index (χ0) is 72.5. The minimum absolute atomic E-state index is 0.615. The monoisotopic (exact) mass is 1400 g/mol. The number of hydrogen-bond donors (Lipinski definition) is 0. The Hall–Kier alpha value is -14.5. The highest BCUT2D eigenvalue weighted by molar-refractivity contribution is 6.29. The molecule has 0 amide bonds. The van der Waals surface area contributed by atoms with Crippen molar-refractivity contribution >= 4 is 119 Å². The zero-order valence-corrected chi connectivity index (χ0v) is 60.0. The smallest absolute Gasteiger partial charge is 0.0961 e. The summed E-state index contributed by atoms with van der Waals surface area (Å²) in [5.74, 6) is 0. The fourth-order valence-corrected chi connectivity index (χ4v) is 17.6. The van der Waals surface area contributed by atoms with Crippen LogP contribution >= 0.6 is 0 Å². The molecule has 22 aromatic rings. The number of fused-ring (bicyclic) bond motifs is 20. The Morgan fingerprint density at radius 3 is 1.01 bits per heavy atom. The third kappa shape index (κ3) is 10.5. The van der Waals surface area contributed by atoms with E-state index in [2.05, 4.69) is 355 Å². The molecule has 0 aliphatic carbocycles. The van der Waals surface area contributed by atoms with Gasteiger partial charge in [-0.3, -0.25) is 15.0 Å². The molecule has 0 bridgehead atoms. The molecule has 0 N–H and O–H groups in total. The van der Waals surface area contributed by atoms with Crippen molar-refractivity contribution in [2.45, 2.75) is 6.54 Å². The number of aryl methyl sites for hydroxylation is 1. The standard InChI is InChI=1S/C103H65N7/c1-109-61-107-97-27-13-25-77(102(97)109)72-31-38-84-85-39-32-73(53-93(85)80-22-9-8-21-79(80)92(84)52-72)78-26-14-28-98-103(78)110(62-108-98)60-63-29-36-89-90(49-63)96-56-76(100-58-70(44-47-105-100)65-17-6-3-7-18-65)35-42-88(96)83-37-30-68(51-91(83)89)66-19-12-20-67(50-66)71-45-48-106-101(59-71)75-34-41-87-86-40-33-74(54-94(86)81-23-10-11-24-82(81)95(87)55-75)99-57-69(43-46-104-99)64-15-4-2-5-16-64/h2-59,61-62H,60H2,1H3. The molecule has 5 heterocycles. The van der Waals surface area contributed by atoms with Crippen LogP contribution in [0, 0.1) is 0 Å². The molecule has 0 fully saturated rings. The van der Waals surface area contributed by atoms with E-state index >= 15 is 0 Å². The third-order valence-corrected chi connectivity index (χ3v) is 22.9. The van der Waals surface area contributed by atoms with Gasteiger partial charge in [-0.15, -0.1) is 0 Å². The van der Waals surface area contributed by atoms with E-state index in [9.17, 15) is 0 Å². The van der Waals surface area contributed by atoms with Crippen molar-refractivity contribution in [1.29, 1.82) is 0 Å². The number of pyridine rings is 3. The van der Waals surface area contributed by atoms with Crippen LogP contribution in [-0.4, -0.2) is 34.1 Å². The molecule has 17 aromatic carbocycles. The number of aromatic nitrogens is 7. The number of imidazole rings is 2. The van der Waals surface area contributed by atoms with Crippen LogP contribution in [0.5, 0.6) is 0 Å². The van der Waals surface area contributed by atoms with Crippen LogP contribution in [0.1, 0.15) is 5.56 Å². The fraction of sp³-hybridized carbons (Fsp3) is 0.0194. The molecule has 7 nitrogen and oxygen atoms in total. The Morgan fingerprint density at radius 1 is 0.209 bits per heavy atom. The van der Waals surface area contributed by atoms with Crippen molar-refractivity contribution in [2.24, 2.45) is 7.05 Å². The van der Waals surface area contributed by atoms with E-state index in [0.717, 1.165) is 106 Å². The maximum Gasteiger partial charge on any atom is 0.0961 e. The summed E-state index contributed by atoms with van der Waals surface area (Å²) < 4.78 is 4.46. The third-order valence-electron chi connectivity index (χ3n) is 22.9. The maximum absolute atomic E-state index is 5.11. The second-order valence-corrected chi connectivity index (χ2v) is 29.2. The minimum Gasteiger partial charge on any atom is -0.333 e. The van der Waals surface area contributed by atoms with Crippen LogP contribution < -0.4 is 0 Å². The highest BCUT2D eigenvalue weighted by atomic mass is 15.0. The summed E-state index contributed by atoms with van der Waals surface area (Å²) in [5.41, 5.74) is 25.2. The number of hydrogen-bond acceptors (Lipinski definition) is 5. The lowest BCUT2D eigenvalue weighted by atomic mass is 9.89. The van der Waals surface area contributed by atoms with Crippen LogP contribution in [0.25, 0.3) is 220 Å². The van der Waals surface area contributed by atoms with Gasteiger partial charge in [-0.25, -0.2) is 9.97 Å². The maximum atomic E-state index is 5.11. The first-order chi connectivity index (χ1) is 54.4. The first-order valence-electron chi connectivity index (χ1n) is 37.5. The van der Waals surface area contributed by atoms with Crippen molar-refractivity contribution in [1.82, 2.24) is 34.1 Å². The van der Waals surface area contributed by atoms with Crippen molar-refractivity contribution in [3.8, 4) is 101 Å². The van der Waals surface area contributed by atoms with Gasteiger partial charge in [-0.2, -0.15) is 0 Å². The quantitative estimate of drug-likeness (QED) is 0.121. The average Bonchev–Trinajstić information content (AvgIpc) is 1.74. The summed E-state index contributed by atoms with van der Waals surface area (Å²) in [6.45, 7) is 0.615. The Balaban J connectivity index is 0.623. The van der Waals surface area contributed by atoms with Gasteiger partial charge in [0.1, 0.15) is 0 Å². The van der Waals surface area contributed by atoms with E-state index in [0.29, 0.717) is 6.54 Å². The second kappa shape index (κ2) is 25.3. The van der Waals surface area contributed by atoms with E-state index < -0.39 is 0 Å². The molecule has 0 radical (unpaired) electrons. The Morgan fingerprint density at radius 2 is 0.527 bits per heavy atom. The Kier molecular flexibility index (Phi) is 14.5. The molecule has 0 unspecified atom stereocenters. The van der Waals surface area contributed by atoms with Crippen LogP contribution in [-0.2, 0) is 13.6 Å². The molecule has 0 saturated carbocycles. The normalized spacial score (nSPS) is 11.9. The molecule has 0 spiro atoms. The van der Waals surface area contributed by atoms with Crippen molar-refractivity contribution in [2.75, 3.05) is 0 Å².